The van der Waals surface area contributed by atoms with E-state index in [-0.39, 0.29) is 38.0 Å². The second-order valence-electron chi connectivity index (χ2n) is 6.13. The standard InChI is InChI=1S/C14H23F3N2O2S/c1-22-11-3-2-10(8-11)18-13(21)19-6-4-9(5-7-19)12(20)14(15,16)17/h9-12,20H,2-8H2,1H3,(H,18,21)/t10-,11+,12-/m0/s1. The Morgan fingerprint density at radius 2 is 1.91 bits per heavy atom. The van der Waals surface area contributed by atoms with Crippen LogP contribution in [0.2, 0.25) is 0 Å². The molecule has 0 spiro atoms. The van der Waals surface area contributed by atoms with Gasteiger partial charge in [-0.05, 0) is 44.3 Å². The Morgan fingerprint density at radius 1 is 1.27 bits per heavy atom. The first-order chi connectivity index (χ1) is 10.3. The Labute approximate surface area is 132 Å². The molecule has 0 aromatic carbocycles. The van der Waals surface area contributed by atoms with E-state index >= 15 is 0 Å². The van der Waals surface area contributed by atoms with Crippen molar-refractivity contribution in [2.45, 2.75) is 55.7 Å². The minimum atomic E-state index is -4.58. The van der Waals surface area contributed by atoms with Crippen molar-refractivity contribution in [3.63, 3.8) is 0 Å². The molecule has 22 heavy (non-hydrogen) atoms. The second kappa shape index (κ2) is 7.29. The predicted molar refractivity (Wildman–Crippen MR) is 79.8 cm³/mol. The van der Waals surface area contributed by atoms with Crippen LogP contribution < -0.4 is 5.32 Å². The van der Waals surface area contributed by atoms with Crippen molar-refractivity contribution in [1.29, 1.82) is 0 Å². The molecule has 2 N–H and O–H groups in total. The van der Waals surface area contributed by atoms with Crippen LogP contribution in [0.1, 0.15) is 32.1 Å². The van der Waals surface area contributed by atoms with Gasteiger partial charge in [0, 0.05) is 24.4 Å². The molecule has 2 aliphatic rings. The molecule has 3 atom stereocenters. The molecule has 1 aliphatic heterocycles. The minimum Gasteiger partial charge on any atom is -0.383 e. The number of thioether (sulfide) groups is 1. The van der Waals surface area contributed by atoms with E-state index in [1.165, 1.54) is 0 Å². The van der Waals surface area contributed by atoms with E-state index < -0.39 is 18.2 Å². The van der Waals surface area contributed by atoms with Crippen molar-refractivity contribution in [3.8, 4) is 0 Å². The molecular formula is C14H23F3N2O2S. The first-order valence-electron chi connectivity index (χ1n) is 7.64. The number of halogens is 3. The van der Waals surface area contributed by atoms with Crippen LogP contribution in [-0.4, -0.2) is 59.0 Å². The average molecular weight is 340 g/mol. The highest BCUT2D eigenvalue weighted by molar-refractivity contribution is 7.99. The van der Waals surface area contributed by atoms with Gasteiger partial charge in [0.15, 0.2) is 6.10 Å². The van der Waals surface area contributed by atoms with Gasteiger partial charge in [0.2, 0.25) is 0 Å². The summed E-state index contributed by atoms with van der Waals surface area (Å²) >= 11 is 1.81. The van der Waals surface area contributed by atoms with Crippen LogP contribution in [0.5, 0.6) is 0 Å². The van der Waals surface area contributed by atoms with E-state index in [4.69, 9.17) is 0 Å². The lowest BCUT2D eigenvalue weighted by Crippen LogP contribution is -2.49. The number of carbonyl (C=O) groups is 1. The Kier molecular flexibility index (Phi) is 5.87. The molecule has 1 aliphatic carbocycles. The molecule has 2 fully saturated rings. The van der Waals surface area contributed by atoms with Crippen molar-refractivity contribution in [3.05, 3.63) is 0 Å². The highest BCUT2D eigenvalue weighted by atomic mass is 32.2. The van der Waals surface area contributed by atoms with Gasteiger partial charge in [0.05, 0.1) is 0 Å². The van der Waals surface area contributed by atoms with Gasteiger partial charge in [-0.25, -0.2) is 4.79 Å². The third kappa shape index (κ3) is 4.44. The zero-order valence-electron chi connectivity index (χ0n) is 12.6. The fraction of sp³-hybridized carbons (Fsp3) is 0.929. The largest absolute Gasteiger partial charge is 0.414 e. The molecule has 1 saturated heterocycles. The molecule has 0 bridgehead atoms. The van der Waals surface area contributed by atoms with Crippen LogP contribution in [0, 0.1) is 5.92 Å². The van der Waals surface area contributed by atoms with Gasteiger partial charge >= 0.3 is 12.2 Å². The number of nitrogens with one attached hydrogen (secondary N) is 1. The van der Waals surface area contributed by atoms with Gasteiger partial charge < -0.3 is 15.3 Å². The summed E-state index contributed by atoms with van der Waals surface area (Å²) in [6.07, 6.45) is -1.42. The monoisotopic (exact) mass is 340 g/mol. The predicted octanol–water partition coefficient (Wildman–Crippen LogP) is 2.62. The molecule has 1 heterocycles. The lowest BCUT2D eigenvalue weighted by Gasteiger charge is -2.35. The first kappa shape index (κ1) is 17.7. The number of rotatable bonds is 3. The molecule has 8 heteroatoms. The van der Waals surface area contributed by atoms with Crippen molar-refractivity contribution >= 4 is 17.8 Å². The second-order valence-corrected chi connectivity index (χ2v) is 7.27. The number of piperidine rings is 1. The summed E-state index contributed by atoms with van der Waals surface area (Å²) in [6, 6.07) is -0.0184. The van der Waals surface area contributed by atoms with Crippen molar-refractivity contribution in [2.75, 3.05) is 19.3 Å². The smallest absolute Gasteiger partial charge is 0.383 e. The molecule has 1 saturated carbocycles. The van der Waals surface area contributed by atoms with E-state index in [9.17, 15) is 23.1 Å². The van der Waals surface area contributed by atoms with E-state index in [0.717, 1.165) is 19.3 Å². The number of hydrogen-bond donors (Lipinski definition) is 2. The Balaban J connectivity index is 1.76. The summed E-state index contributed by atoms with van der Waals surface area (Å²) in [7, 11) is 0. The lowest BCUT2D eigenvalue weighted by molar-refractivity contribution is -0.222. The van der Waals surface area contributed by atoms with Crippen LogP contribution >= 0.6 is 11.8 Å². The SMILES string of the molecule is CS[C@@H]1CC[C@H](NC(=O)N2CCC([C@H](O)C(F)(F)F)CC2)C1. The maximum atomic E-state index is 12.5. The average Bonchev–Trinajstić information content (AvgIpc) is 2.93. The lowest BCUT2D eigenvalue weighted by atomic mass is 9.91. The van der Waals surface area contributed by atoms with Crippen LogP contribution in [0.4, 0.5) is 18.0 Å². The summed E-state index contributed by atoms with van der Waals surface area (Å²) in [5, 5.41) is 12.8. The molecule has 0 aromatic rings. The summed E-state index contributed by atoms with van der Waals surface area (Å²) < 4.78 is 37.5. The maximum absolute atomic E-state index is 12.5. The number of aliphatic hydroxyl groups is 1. The molecule has 2 rings (SSSR count). The fourth-order valence-corrected chi connectivity index (χ4v) is 4.03. The van der Waals surface area contributed by atoms with Crippen LogP contribution in [0.15, 0.2) is 0 Å². The number of aliphatic hydroxyl groups excluding tert-OH is 1. The summed E-state index contributed by atoms with van der Waals surface area (Å²) in [4.78, 5) is 13.7. The maximum Gasteiger partial charge on any atom is 0.414 e. The van der Waals surface area contributed by atoms with Crippen molar-refractivity contribution in [2.24, 2.45) is 5.92 Å². The first-order valence-corrected chi connectivity index (χ1v) is 8.93. The third-order valence-corrected chi connectivity index (χ3v) is 5.75. The number of hydrogen-bond acceptors (Lipinski definition) is 3. The van der Waals surface area contributed by atoms with E-state index in [1.54, 1.807) is 16.7 Å². The molecule has 0 radical (unpaired) electrons. The highest BCUT2D eigenvalue weighted by Crippen LogP contribution is 2.32. The molecule has 128 valence electrons. The minimum absolute atomic E-state index is 0.170. The van der Waals surface area contributed by atoms with Crippen LogP contribution in [0.25, 0.3) is 0 Å². The number of likely N-dealkylation sites (tertiary alicyclic amines) is 1. The molecule has 2 amide bonds. The number of alkyl halides is 3. The topological polar surface area (TPSA) is 52.6 Å². The summed E-state index contributed by atoms with van der Waals surface area (Å²) in [5.41, 5.74) is 0. The van der Waals surface area contributed by atoms with Gasteiger partial charge in [-0.3, -0.25) is 0 Å². The van der Waals surface area contributed by atoms with Crippen LogP contribution in [0.3, 0.4) is 0 Å². The summed E-state index contributed by atoms with van der Waals surface area (Å²) in [6.45, 7) is 0.532. The van der Waals surface area contributed by atoms with Crippen molar-refractivity contribution in [1.82, 2.24) is 10.2 Å². The van der Waals surface area contributed by atoms with Gasteiger partial charge in [-0.1, -0.05) is 0 Å². The van der Waals surface area contributed by atoms with E-state index in [1.807, 2.05) is 0 Å². The molecule has 0 aromatic heterocycles. The third-order valence-electron chi connectivity index (χ3n) is 4.65. The van der Waals surface area contributed by atoms with Crippen molar-refractivity contribution < 1.29 is 23.1 Å². The van der Waals surface area contributed by atoms with Gasteiger partial charge in [-0.2, -0.15) is 24.9 Å². The molecular weight excluding hydrogens is 317 g/mol. The number of urea groups is 1. The van der Waals surface area contributed by atoms with E-state index in [0.29, 0.717) is 5.25 Å². The number of carbonyl (C=O) groups excluding carboxylic acids is 1. The van der Waals surface area contributed by atoms with Crippen LogP contribution in [-0.2, 0) is 0 Å². The Hall–Kier alpha value is -0.630. The van der Waals surface area contributed by atoms with Gasteiger partial charge in [0.25, 0.3) is 0 Å². The quantitative estimate of drug-likeness (QED) is 0.830. The summed E-state index contributed by atoms with van der Waals surface area (Å²) in [5.74, 6) is -0.809. The van der Waals surface area contributed by atoms with Gasteiger partial charge in [-0.15, -0.1) is 0 Å². The van der Waals surface area contributed by atoms with E-state index in [2.05, 4.69) is 11.6 Å². The Bertz CT molecular complexity index is 387. The zero-order chi connectivity index (χ0) is 16.3. The zero-order valence-corrected chi connectivity index (χ0v) is 13.4. The highest BCUT2D eigenvalue weighted by Gasteiger charge is 2.44. The fourth-order valence-electron chi connectivity index (χ4n) is 3.24. The molecule has 0 unspecified atom stereocenters. The van der Waals surface area contributed by atoms with Gasteiger partial charge in [0.1, 0.15) is 0 Å². The number of amides is 2. The normalized spacial score (nSPS) is 28.7. The molecule has 4 nitrogen and oxygen atoms in total. The number of nitrogens with zero attached hydrogens (tertiary/aromatic N) is 1. The Morgan fingerprint density at radius 3 is 2.41 bits per heavy atom.